The quantitative estimate of drug-likeness (QED) is 0.479. The maximum atomic E-state index is 12.3. The Hall–Kier alpha value is -1.18. The van der Waals surface area contributed by atoms with Crippen LogP contribution in [0.4, 0.5) is 5.82 Å². The van der Waals surface area contributed by atoms with Gasteiger partial charge in [0.2, 0.25) is 10.0 Å². The van der Waals surface area contributed by atoms with Gasteiger partial charge in [0.25, 0.3) is 0 Å². The molecule has 1 rings (SSSR count). The molecule has 0 spiro atoms. The first-order chi connectivity index (χ1) is 9.53. The second-order valence-electron chi connectivity index (χ2n) is 4.77. The SMILES string of the molecule is CCCCC(CCC)NS(=O)(=O)c1ccnc(NN)c1. The van der Waals surface area contributed by atoms with Crippen molar-refractivity contribution >= 4 is 15.8 Å². The summed E-state index contributed by atoms with van der Waals surface area (Å²) in [6.45, 7) is 4.15. The second-order valence-corrected chi connectivity index (χ2v) is 6.48. The Morgan fingerprint density at radius 1 is 1.30 bits per heavy atom. The minimum atomic E-state index is -3.53. The standard InChI is InChI=1S/C13H24N4O2S/c1-3-5-7-11(6-4-2)17-20(18,19)12-8-9-15-13(10-12)16-14/h8-11,17H,3-7,14H2,1-2H3,(H,15,16). The van der Waals surface area contributed by atoms with E-state index in [1.807, 2.05) is 0 Å². The summed E-state index contributed by atoms with van der Waals surface area (Å²) >= 11 is 0. The summed E-state index contributed by atoms with van der Waals surface area (Å²) in [5.74, 6) is 5.58. The summed E-state index contributed by atoms with van der Waals surface area (Å²) in [5.41, 5.74) is 2.35. The molecule has 1 unspecified atom stereocenters. The lowest BCUT2D eigenvalue weighted by molar-refractivity contribution is 0.483. The number of aromatic nitrogens is 1. The van der Waals surface area contributed by atoms with Crippen LogP contribution in [0.1, 0.15) is 46.0 Å². The van der Waals surface area contributed by atoms with E-state index in [4.69, 9.17) is 5.84 Å². The Labute approximate surface area is 121 Å². The Morgan fingerprint density at radius 2 is 2.05 bits per heavy atom. The Balaban J connectivity index is 2.84. The van der Waals surface area contributed by atoms with Crippen molar-refractivity contribution in [3.63, 3.8) is 0 Å². The van der Waals surface area contributed by atoms with E-state index in [1.165, 1.54) is 18.3 Å². The number of nitrogens with one attached hydrogen (secondary N) is 2. The van der Waals surface area contributed by atoms with Crippen LogP contribution in [-0.2, 0) is 10.0 Å². The number of nitrogen functional groups attached to an aromatic ring is 1. The summed E-state index contributed by atoms with van der Waals surface area (Å²) in [4.78, 5) is 4.09. The molecule has 114 valence electrons. The molecule has 20 heavy (non-hydrogen) atoms. The van der Waals surface area contributed by atoms with E-state index in [1.54, 1.807) is 0 Å². The molecule has 1 aromatic heterocycles. The first-order valence-electron chi connectivity index (χ1n) is 6.98. The van der Waals surface area contributed by atoms with Crippen LogP contribution < -0.4 is 16.0 Å². The van der Waals surface area contributed by atoms with Gasteiger partial charge in [0.15, 0.2) is 0 Å². The lowest BCUT2D eigenvalue weighted by atomic mass is 10.1. The average molecular weight is 300 g/mol. The number of unbranched alkanes of at least 4 members (excludes halogenated alkanes) is 1. The van der Waals surface area contributed by atoms with Crippen molar-refractivity contribution in [3.05, 3.63) is 18.3 Å². The fourth-order valence-electron chi connectivity index (χ4n) is 2.01. The molecule has 0 bridgehead atoms. The number of hydrogen-bond acceptors (Lipinski definition) is 5. The van der Waals surface area contributed by atoms with Crippen molar-refractivity contribution in [1.82, 2.24) is 9.71 Å². The van der Waals surface area contributed by atoms with E-state index in [2.05, 4.69) is 29.0 Å². The summed E-state index contributed by atoms with van der Waals surface area (Å²) in [6.07, 6.45) is 6.13. The number of hydrogen-bond donors (Lipinski definition) is 3. The molecular formula is C13H24N4O2S. The topological polar surface area (TPSA) is 97.1 Å². The van der Waals surface area contributed by atoms with Gasteiger partial charge in [-0.05, 0) is 18.9 Å². The van der Waals surface area contributed by atoms with Crippen LogP contribution in [0.2, 0.25) is 0 Å². The largest absolute Gasteiger partial charge is 0.308 e. The highest BCUT2D eigenvalue weighted by atomic mass is 32.2. The number of rotatable bonds is 9. The van der Waals surface area contributed by atoms with Crippen LogP contribution in [0.15, 0.2) is 23.2 Å². The fourth-order valence-corrected chi connectivity index (χ4v) is 3.32. The van der Waals surface area contributed by atoms with E-state index < -0.39 is 10.0 Å². The molecule has 1 aromatic rings. The second kappa shape index (κ2) is 8.18. The summed E-state index contributed by atoms with van der Waals surface area (Å²) < 4.78 is 27.5. The van der Waals surface area contributed by atoms with Crippen molar-refractivity contribution < 1.29 is 8.42 Å². The summed E-state index contributed by atoms with van der Waals surface area (Å²) in [7, 11) is -3.53. The van der Waals surface area contributed by atoms with E-state index in [0.717, 1.165) is 32.1 Å². The van der Waals surface area contributed by atoms with Gasteiger partial charge in [0.1, 0.15) is 5.82 Å². The average Bonchev–Trinajstić information content (AvgIpc) is 2.45. The van der Waals surface area contributed by atoms with Gasteiger partial charge in [0.05, 0.1) is 4.90 Å². The summed E-state index contributed by atoms with van der Waals surface area (Å²) in [6, 6.07) is 2.87. The minimum absolute atomic E-state index is 0.0209. The van der Waals surface area contributed by atoms with E-state index in [0.29, 0.717) is 5.82 Å². The van der Waals surface area contributed by atoms with Gasteiger partial charge in [-0.1, -0.05) is 33.1 Å². The van der Waals surface area contributed by atoms with Crippen LogP contribution in [0.5, 0.6) is 0 Å². The predicted molar refractivity (Wildman–Crippen MR) is 80.6 cm³/mol. The first kappa shape index (κ1) is 16.9. The highest BCUT2D eigenvalue weighted by molar-refractivity contribution is 7.89. The minimum Gasteiger partial charge on any atom is -0.308 e. The number of nitrogens with zero attached hydrogens (tertiary/aromatic N) is 1. The van der Waals surface area contributed by atoms with Gasteiger partial charge in [0, 0.05) is 18.3 Å². The van der Waals surface area contributed by atoms with Crippen LogP contribution in [-0.4, -0.2) is 19.4 Å². The fraction of sp³-hybridized carbons (Fsp3) is 0.615. The zero-order chi connectivity index (χ0) is 15.0. The third-order valence-corrected chi connectivity index (χ3v) is 4.57. The van der Waals surface area contributed by atoms with Crippen molar-refractivity contribution in [2.24, 2.45) is 5.84 Å². The zero-order valence-electron chi connectivity index (χ0n) is 12.1. The Morgan fingerprint density at radius 3 is 2.65 bits per heavy atom. The van der Waals surface area contributed by atoms with Crippen molar-refractivity contribution in [2.45, 2.75) is 56.9 Å². The van der Waals surface area contributed by atoms with E-state index in [9.17, 15) is 8.42 Å². The van der Waals surface area contributed by atoms with Gasteiger partial charge < -0.3 is 5.43 Å². The van der Waals surface area contributed by atoms with Gasteiger partial charge in [-0.25, -0.2) is 24.0 Å². The lowest BCUT2D eigenvalue weighted by Crippen LogP contribution is -2.34. The Kier molecular flexibility index (Phi) is 6.90. The highest BCUT2D eigenvalue weighted by Gasteiger charge is 2.19. The van der Waals surface area contributed by atoms with Crippen molar-refractivity contribution in [3.8, 4) is 0 Å². The molecule has 0 aliphatic heterocycles. The number of nitrogens with two attached hydrogens (primary N) is 1. The van der Waals surface area contributed by atoms with Crippen LogP contribution in [0, 0.1) is 0 Å². The molecule has 0 aromatic carbocycles. The molecule has 0 fully saturated rings. The molecule has 0 saturated carbocycles. The monoisotopic (exact) mass is 300 g/mol. The molecule has 6 nitrogen and oxygen atoms in total. The predicted octanol–water partition coefficient (Wildman–Crippen LogP) is 2.00. The molecular weight excluding hydrogens is 276 g/mol. The molecule has 0 saturated heterocycles. The normalized spacial score (nSPS) is 13.2. The first-order valence-corrected chi connectivity index (χ1v) is 8.46. The van der Waals surface area contributed by atoms with Gasteiger partial charge in [-0.2, -0.15) is 0 Å². The third kappa shape index (κ3) is 5.07. The third-order valence-electron chi connectivity index (χ3n) is 3.05. The number of pyridine rings is 1. The molecule has 0 aliphatic rings. The maximum Gasteiger partial charge on any atom is 0.241 e. The molecule has 1 atom stereocenters. The van der Waals surface area contributed by atoms with Crippen molar-refractivity contribution in [1.29, 1.82) is 0 Å². The molecule has 0 amide bonds. The van der Waals surface area contributed by atoms with Gasteiger partial charge in [-0.15, -0.1) is 0 Å². The van der Waals surface area contributed by atoms with Gasteiger partial charge >= 0.3 is 0 Å². The molecule has 7 heteroatoms. The van der Waals surface area contributed by atoms with Crippen LogP contribution in [0.3, 0.4) is 0 Å². The van der Waals surface area contributed by atoms with E-state index >= 15 is 0 Å². The van der Waals surface area contributed by atoms with Crippen molar-refractivity contribution in [2.75, 3.05) is 5.43 Å². The van der Waals surface area contributed by atoms with Gasteiger partial charge in [-0.3, -0.25) is 0 Å². The molecule has 0 radical (unpaired) electrons. The van der Waals surface area contributed by atoms with Crippen LogP contribution >= 0.6 is 0 Å². The summed E-state index contributed by atoms with van der Waals surface area (Å²) in [5, 5.41) is 0. The van der Waals surface area contributed by atoms with E-state index in [-0.39, 0.29) is 10.9 Å². The number of anilines is 1. The van der Waals surface area contributed by atoms with Crippen LogP contribution in [0.25, 0.3) is 0 Å². The zero-order valence-corrected chi connectivity index (χ0v) is 12.9. The number of hydrazine groups is 1. The molecule has 1 heterocycles. The Bertz CT molecular complexity index is 505. The highest BCUT2D eigenvalue weighted by Crippen LogP contribution is 2.15. The lowest BCUT2D eigenvalue weighted by Gasteiger charge is -2.18. The maximum absolute atomic E-state index is 12.3. The smallest absolute Gasteiger partial charge is 0.241 e. The molecule has 4 N–H and O–H groups in total. The molecule has 0 aliphatic carbocycles. The number of sulfonamides is 1.